The molecule has 2 heterocycles. The first-order valence-electron chi connectivity index (χ1n) is 12.0. The molecule has 7 heteroatoms. The summed E-state index contributed by atoms with van der Waals surface area (Å²) in [6.45, 7) is 5.65. The number of carbonyl (C=O) groups is 1. The van der Waals surface area contributed by atoms with Crippen molar-refractivity contribution in [1.29, 1.82) is 0 Å². The third kappa shape index (κ3) is 6.54. The Bertz CT molecular complexity index is 881. The van der Waals surface area contributed by atoms with Crippen LogP contribution in [0.4, 0.5) is 10.5 Å². The molecular weight excluding hydrogens is 418 g/mol. The second-order valence-corrected chi connectivity index (χ2v) is 8.82. The number of hydrogen-bond donors (Lipinski definition) is 3. The SMILES string of the molecule is CCNC(=O)Nc1ccc([C@H]2O[C@@H](CN3CCCCC3)C[C@@H](c3ccc(CO)cc3)O2)cc1. The molecule has 178 valence electrons. The smallest absolute Gasteiger partial charge is 0.319 e. The lowest BCUT2D eigenvalue weighted by Crippen LogP contribution is -2.41. The van der Waals surface area contributed by atoms with Crippen LogP contribution in [-0.4, -0.2) is 48.3 Å². The molecule has 2 amide bonds. The molecule has 2 saturated heterocycles. The maximum absolute atomic E-state index is 11.8. The van der Waals surface area contributed by atoms with Crippen LogP contribution in [0.3, 0.4) is 0 Å². The summed E-state index contributed by atoms with van der Waals surface area (Å²) < 4.78 is 12.8. The van der Waals surface area contributed by atoms with E-state index in [2.05, 4.69) is 15.5 Å². The number of urea groups is 1. The number of aliphatic hydroxyl groups is 1. The highest BCUT2D eigenvalue weighted by Crippen LogP contribution is 2.38. The number of rotatable bonds is 7. The number of anilines is 1. The lowest BCUT2D eigenvalue weighted by Gasteiger charge is -2.39. The molecule has 4 rings (SSSR count). The number of nitrogens with zero attached hydrogens (tertiary/aromatic N) is 1. The molecule has 2 aromatic carbocycles. The van der Waals surface area contributed by atoms with Gasteiger partial charge in [0.15, 0.2) is 6.29 Å². The number of nitrogens with one attached hydrogen (secondary N) is 2. The minimum absolute atomic E-state index is 0.0335. The van der Waals surface area contributed by atoms with Crippen molar-refractivity contribution in [3.63, 3.8) is 0 Å². The Morgan fingerprint density at radius 2 is 1.70 bits per heavy atom. The third-order valence-electron chi connectivity index (χ3n) is 6.30. The van der Waals surface area contributed by atoms with Crippen molar-refractivity contribution in [1.82, 2.24) is 10.2 Å². The van der Waals surface area contributed by atoms with Gasteiger partial charge < -0.3 is 30.1 Å². The normalized spacial score (nSPS) is 23.8. The standard InChI is InChI=1S/C26H35N3O4/c1-2-27-26(31)28-22-12-10-21(11-13-22)25-32-23(17-29-14-4-3-5-15-29)16-24(33-25)20-8-6-19(18-30)7-9-20/h6-13,23-25,30H,2-5,14-18H2,1H3,(H2,27,28,31)/t23-,24+,25+/m1/s1. The predicted molar refractivity (Wildman–Crippen MR) is 128 cm³/mol. The number of piperidine rings is 1. The number of aliphatic hydroxyl groups excluding tert-OH is 1. The van der Waals surface area contributed by atoms with Gasteiger partial charge in [0, 0.05) is 30.8 Å². The van der Waals surface area contributed by atoms with Crippen LogP contribution in [0.25, 0.3) is 0 Å². The summed E-state index contributed by atoms with van der Waals surface area (Å²) in [5.74, 6) is 0. The highest BCUT2D eigenvalue weighted by atomic mass is 16.7. The second kappa shape index (κ2) is 11.6. The van der Waals surface area contributed by atoms with Crippen molar-refractivity contribution in [2.24, 2.45) is 0 Å². The summed E-state index contributed by atoms with van der Waals surface area (Å²) in [5.41, 5.74) is 3.64. The summed E-state index contributed by atoms with van der Waals surface area (Å²) in [6, 6.07) is 15.4. The molecule has 33 heavy (non-hydrogen) atoms. The van der Waals surface area contributed by atoms with Crippen LogP contribution >= 0.6 is 0 Å². The van der Waals surface area contributed by atoms with Crippen molar-refractivity contribution in [3.05, 3.63) is 65.2 Å². The van der Waals surface area contributed by atoms with Crippen molar-refractivity contribution >= 4 is 11.7 Å². The molecule has 3 N–H and O–H groups in total. The van der Waals surface area contributed by atoms with Gasteiger partial charge in [0.2, 0.25) is 0 Å². The maximum atomic E-state index is 11.8. The maximum Gasteiger partial charge on any atom is 0.319 e. The van der Waals surface area contributed by atoms with E-state index in [0.717, 1.165) is 48.4 Å². The molecule has 2 aliphatic rings. The Labute approximate surface area is 196 Å². The Morgan fingerprint density at radius 3 is 2.36 bits per heavy atom. The van der Waals surface area contributed by atoms with Gasteiger partial charge in [-0.15, -0.1) is 0 Å². The van der Waals surface area contributed by atoms with Crippen LogP contribution in [0.1, 0.15) is 61.7 Å². The fraction of sp³-hybridized carbons (Fsp3) is 0.500. The van der Waals surface area contributed by atoms with Gasteiger partial charge in [-0.05, 0) is 56.1 Å². The number of ether oxygens (including phenoxy) is 2. The molecule has 0 unspecified atom stereocenters. The Hall–Kier alpha value is -2.45. The van der Waals surface area contributed by atoms with Crippen molar-refractivity contribution in [2.75, 3.05) is 31.5 Å². The average Bonchev–Trinajstić information content (AvgIpc) is 2.85. The van der Waals surface area contributed by atoms with E-state index in [0.29, 0.717) is 6.54 Å². The minimum atomic E-state index is -0.477. The van der Waals surface area contributed by atoms with Gasteiger partial charge in [-0.1, -0.05) is 42.8 Å². The molecule has 0 radical (unpaired) electrons. The summed E-state index contributed by atoms with van der Waals surface area (Å²) in [5, 5.41) is 14.9. The fourth-order valence-corrected chi connectivity index (χ4v) is 4.52. The van der Waals surface area contributed by atoms with Gasteiger partial charge in [-0.25, -0.2) is 4.79 Å². The van der Waals surface area contributed by atoms with E-state index in [4.69, 9.17) is 9.47 Å². The molecule has 2 fully saturated rings. The summed E-state index contributed by atoms with van der Waals surface area (Å²) >= 11 is 0. The highest BCUT2D eigenvalue weighted by molar-refractivity contribution is 5.89. The number of benzene rings is 2. The van der Waals surface area contributed by atoms with Crippen LogP contribution in [0.15, 0.2) is 48.5 Å². The fourth-order valence-electron chi connectivity index (χ4n) is 4.52. The van der Waals surface area contributed by atoms with E-state index in [1.165, 1.54) is 19.3 Å². The summed E-state index contributed by atoms with van der Waals surface area (Å²) in [4.78, 5) is 14.3. The average molecular weight is 454 g/mol. The zero-order valence-electron chi connectivity index (χ0n) is 19.3. The molecule has 0 saturated carbocycles. The first kappa shape index (κ1) is 23.7. The topological polar surface area (TPSA) is 83.1 Å². The van der Waals surface area contributed by atoms with Crippen molar-refractivity contribution in [3.8, 4) is 0 Å². The lowest BCUT2D eigenvalue weighted by molar-refractivity contribution is -0.253. The molecular formula is C26H35N3O4. The zero-order chi connectivity index (χ0) is 23.0. The summed E-state index contributed by atoms with van der Waals surface area (Å²) in [6.07, 6.45) is 4.11. The number of likely N-dealkylation sites (tertiary alicyclic amines) is 1. The minimum Gasteiger partial charge on any atom is -0.392 e. The largest absolute Gasteiger partial charge is 0.392 e. The predicted octanol–water partition coefficient (Wildman–Crippen LogP) is 4.35. The van der Waals surface area contributed by atoms with E-state index >= 15 is 0 Å². The van der Waals surface area contributed by atoms with E-state index < -0.39 is 6.29 Å². The first-order chi connectivity index (χ1) is 16.1. The van der Waals surface area contributed by atoms with Crippen molar-refractivity contribution < 1.29 is 19.4 Å². The van der Waals surface area contributed by atoms with Gasteiger partial charge in [-0.3, -0.25) is 0 Å². The van der Waals surface area contributed by atoms with E-state index in [1.807, 2.05) is 55.5 Å². The molecule has 0 aromatic heterocycles. The van der Waals surface area contributed by atoms with Crippen LogP contribution in [0, 0.1) is 0 Å². The number of carbonyl (C=O) groups excluding carboxylic acids is 1. The van der Waals surface area contributed by atoms with Gasteiger partial charge in [0.25, 0.3) is 0 Å². The molecule has 0 aliphatic carbocycles. The summed E-state index contributed by atoms with van der Waals surface area (Å²) in [7, 11) is 0. The quantitative estimate of drug-likeness (QED) is 0.581. The monoisotopic (exact) mass is 453 g/mol. The second-order valence-electron chi connectivity index (χ2n) is 8.82. The van der Waals surface area contributed by atoms with Crippen LogP contribution < -0.4 is 10.6 Å². The van der Waals surface area contributed by atoms with Gasteiger partial charge in [0.05, 0.1) is 18.8 Å². The number of hydrogen-bond acceptors (Lipinski definition) is 5. The first-order valence-corrected chi connectivity index (χ1v) is 12.0. The molecule has 0 spiro atoms. The van der Waals surface area contributed by atoms with Gasteiger partial charge >= 0.3 is 6.03 Å². The Morgan fingerprint density at radius 1 is 1.00 bits per heavy atom. The number of amides is 2. The molecule has 2 aromatic rings. The van der Waals surface area contributed by atoms with Crippen LogP contribution in [-0.2, 0) is 16.1 Å². The van der Waals surface area contributed by atoms with Crippen LogP contribution in [0.5, 0.6) is 0 Å². The van der Waals surface area contributed by atoms with Crippen LogP contribution in [0.2, 0.25) is 0 Å². The Kier molecular flexibility index (Phi) is 8.34. The van der Waals surface area contributed by atoms with Gasteiger partial charge in [0.1, 0.15) is 0 Å². The Balaban J connectivity index is 1.49. The van der Waals surface area contributed by atoms with Gasteiger partial charge in [-0.2, -0.15) is 0 Å². The molecule has 7 nitrogen and oxygen atoms in total. The molecule has 3 atom stereocenters. The molecule has 2 aliphatic heterocycles. The zero-order valence-corrected chi connectivity index (χ0v) is 19.3. The van der Waals surface area contributed by atoms with E-state index in [-0.39, 0.29) is 24.8 Å². The van der Waals surface area contributed by atoms with E-state index in [1.54, 1.807) is 0 Å². The van der Waals surface area contributed by atoms with Crippen molar-refractivity contribution in [2.45, 2.75) is 57.7 Å². The third-order valence-corrected chi connectivity index (χ3v) is 6.30. The van der Waals surface area contributed by atoms with E-state index in [9.17, 15) is 9.90 Å². The highest BCUT2D eigenvalue weighted by Gasteiger charge is 2.33. The lowest BCUT2D eigenvalue weighted by atomic mass is 9.99. The molecule has 0 bridgehead atoms.